The minimum Gasteiger partial charge on any atom is -0.383 e. The van der Waals surface area contributed by atoms with E-state index in [1.807, 2.05) is 0 Å². The van der Waals surface area contributed by atoms with Gasteiger partial charge >= 0.3 is 0 Å². The first-order valence-corrected chi connectivity index (χ1v) is 6.62. The van der Waals surface area contributed by atoms with Gasteiger partial charge in [-0.2, -0.15) is 5.10 Å². The second-order valence-corrected chi connectivity index (χ2v) is 6.42. The van der Waals surface area contributed by atoms with Crippen LogP contribution in [0.3, 0.4) is 0 Å². The van der Waals surface area contributed by atoms with Gasteiger partial charge in [0.1, 0.15) is 10.7 Å². The smallest absolute Gasteiger partial charge is 0.248 e. The number of H-pyrrole nitrogens is 1. The average Bonchev–Trinajstić information content (AvgIpc) is 2.72. The number of hydrogen-bond donors (Lipinski definition) is 2. The molecule has 1 saturated carbocycles. The number of rotatable bonds is 4. The molecule has 1 aromatic rings. The number of hydrogen-bond acceptors (Lipinski definition) is 4. The molecule has 0 bridgehead atoms. The van der Waals surface area contributed by atoms with Gasteiger partial charge in [-0.05, 0) is 18.3 Å². The van der Waals surface area contributed by atoms with Gasteiger partial charge in [0.05, 0.1) is 6.20 Å². The highest BCUT2D eigenvalue weighted by Gasteiger charge is 2.36. The summed E-state index contributed by atoms with van der Waals surface area (Å²) >= 11 is 0. The Bertz CT molecular complexity index is 481. The Balaban J connectivity index is 2.16. The first-order chi connectivity index (χ1) is 7.43. The molecule has 0 aliphatic heterocycles. The molecule has 0 radical (unpaired) electrons. The Kier molecular flexibility index (Phi) is 2.67. The van der Waals surface area contributed by atoms with Gasteiger partial charge in [0.15, 0.2) is 0 Å². The van der Waals surface area contributed by atoms with E-state index in [9.17, 15) is 8.42 Å². The van der Waals surface area contributed by atoms with Crippen LogP contribution < -0.4 is 5.73 Å². The van der Waals surface area contributed by atoms with Crippen molar-refractivity contribution in [2.45, 2.75) is 18.2 Å². The fraction of sp³-hybridized carbons (Fsp3) is 0.667. The Morgan fingerprint density at radius 3 is 2.75 bits per heavy atom. The Morgan fingerprint density at radius 2 is 2.31 bits per heavy atom. The Hall–Kier alpha value is -1.08. The van der Waals surface area contributed by atoms with Crippen LogP contribution in [0.4, 0.5) is 5.82 Å². The van der Waals surface area contributed by atoms with E-state index in [4.69, 9.17) is 5.73 Å². The van der Waals surface area contributed by atoms with E-state index in [0.29, 0.717) is 18.4 Å². The summed E-state index contributed by atoms with van der Waals surface area (Å²) in [5.41, 5.74) is 5.51. The average molecular weight is 244 g/mol. The number of anilines is 1. The lowest BCUT2D eigenvalue weighted by atomic mass is 10.3. The van der Waals surface area contributed by atoms with E-state index in [1.165, 1.54) is 10.5 Å². The number of sulfonamides is 1. The third kappa shape index (κ3) is 1.92. The molecule has 1 aromatic heterocycles. The molecule has 2 rings (SSSR count). The highest BCUT2D eigenvalue weighted by Crippen LogP contribution is 2.38. The van der Waals surface area contributed by atoms with Crippen molar-refractivity contribution < 1.29 is 8.42 Å². The summed E-state index contributed by atoms with van der Waals surface area (Å²) in [7, 11) is -1.91. The quantitative estimate of drug-likeness (QED) is 0.795. The SMILES string of the molecule is CC1CC1CN(C)S(=O)(=O)c1cn[nH]c1N. The highest BCUT2D eigenvalue weighted by atomic mass is 32.2. The van der Waals surface area contributed by atoms with E-state index in [2.05, 4.69) is 17.1 Å². The number of nitrogens with zero attached hydrogens (tertiary/aromatic N) is 2. The zero-order valence-corrected chi connectivity index (χ0v) is 10.2. The van der Waals surface area contributed by atoms with Crippen molar-refractivity contribution in [2.24, 2.45) is 11.8 Å². The van der Waals surface area contributed by atoms with Crippen LogP contribution >= 0.6 is 0 Å². The van der Waals surface area contributed by atoms with Crippen LogP contribution in [0.5, 0.6) is 0 Å². The van der Waals surface area contributed by atoms with Crippen LogP contribution in [0.25, 0.3) is 0 Å². The molecule has 3 N–H and O–H groups in total. The first kappa shape index (κ1) is 11.4. The molecule has 2 unspecified atom stereocenters. The monoisotopic (exact) mass is 244 g/mol. The fourth-order valence-corrected chi connectivity index (χ4v) is 2.97. The van der Waals surface area contributed by atoms with Crippen LogP contribution in [0, 0.1) is 11.8 Å². The molecular formula is C9H16N4O2S. The maximum Gasteiger partial charge on any atom is 0.248 e. The topological polar surface area (TPSA) is 92.1 Å². The molecule has 16 heavy (non-hydrogen) atoms. The number of aromatic nitrogens is 2. The third-order valence-electron chi connectivity index (χ3n) is 3.09. The number of nitrogens with one attached hydrogen (secondary N) is 1. The Labute approximate surface area is 94.9 Å². The fourth-order valence-electron chi connectivity index (χ4n) is 1.74. The molecule has 0 amide bonds. The number of aromatic amines is 1. The molecule has 2 atom stereocenters. The minimum absolute atomic E-state index is 0.0586. The summed E-state index contributed by atoms with van der Waals surface area (Å²) in [5.74, 6) is 1.20. The highest BCUT2D eigenvalue weighted by molar-refractivity contribution is 7.89. The summed E-state index contributed by atoms with van der Waals surface area (Å²) in [6.45, 7) is 2.67. The van der Waals surface area contributed by atoms with E-state index >= 15 is 0 Å². The van der Waals surface area contributed by atoms with Gasteiger partial charge in [-0.1, -0.05) is 6.92 Å². The van der Waals surface area contributed by atoms with E-state index in [-0.39, 0.29) is 10.7 Å². The summed E-state index contributed by atoms with van der Waals surface area (Å²) in [6, 6.07) is 0. The maximum absolute atomic E-state index is 12.1. The van der Waals surface area contributed by atoms with Gasteiger partial charge in [0.2, 0.25) is 10.0 Å². The van der Waals surface area contributed by atoms with Gasteiger partial charge in [0, 0.05) is 13.6 Å². The van der Waals surface area contributed by atoms with Crippen LogP contribution in [-0.2, 0) is 10.0 Å². The number of nitrogens with two attached hydrogens (primary N) is 1. The van der Waals surface area contributed by atoms with Crippen LogP contribution in [0.15, 0.2) is 11.1 Å². The molecule has 6 nitrogen and oxygen atoms in total. The zero-order chi connectivity index (χ0) is 11.9. The lowest BCUT2D eigenvalue weighted by Gasteiger charge is -2.16. The van der Waals surface area contributed by atoms with Crippen molar-refractivity contribution in [1.29, 1.82) is 0 Å². The van der Waals surface area contributed by atoms with Crippen molar-refractivity contribution in [2.75, 3.05) is 19.3 Å². The van der Waals surface area contributed by atoms with E-state index in [0.717, 1.165) is 6.42 Å². The van der Waals surface area contributed by atoms with Gasteiger partial charge in [-0.3, -0.25) is 5.10 Å². The van der Waals surface area contributed by atoms with Crippen molar-refractivity contribution in [1.82, 2.24) is 14.5 Å². The van der Waals surface area contributed by atoms with Gasteiger partial charge < -0.3 is 5.73 Å². The maximum atomic E-state index is 12.1. The van der Waals surface area contributed by atoms with Crippen LogP contribution in [0.1, 0.15) is 13.3 Å². The van der Waals surface area contributed by atoms with Crippen LogP contribution in [-0.4, -0.2) is 36.5 Å². The normalized spacial score (nSPS) is 24.9. The summed E-state index contributed by atoms with van der Waals surface area (Å²) in [5, 5.41) is 6.05. The standard InChI is InChI=1S/C9H16N4O2S/c1-6-3-7(6)5-13(2)16(14,15)8-4-11-12-9(8)10/h4,6-7H,3,5H2,1-2H3,(H3,10,11,12). The zero-order valence-electron chi connectivity index (χ0n) is 9.34. The summed E-state index contributed by atoms with van der Waals surface area (Å²) in [4.78, 5) is 0.0586. The molecule has 0 spiro atoms. The minimum atomic E-state index is -3.49. The predicted molar refractivity (Wildman–Crippen MR) is 60.1 cm³/mol. The van der Waals surface area contributed by atoms with E-state index in [1.54, 1.807) is 7.05 Å². The summed E-state index contributed by atoms with van der Waals surface area (Å²) < 4.78 is 25.5. The molecule has 0 aromatic carbocycles. The van der Waals surface area contributed by atoms with Gasteiger partial charge in [-0.15, -0.1) is 0 Å². The lowest BCUT2D eigenvalue weighted by Crippen LogP contribution is -2.29. The largest absolute Gasteiger partial charge is 0.383 e. The third-order valence-corrected chi connectivity index (χ3v) is 4.94. The van der Waals surface area contributed by atoms with E-state index < -0.39 is 10.0 Å². The molecule has 7 heteroatoms. The van der Waals surface area contributed by atoms with Crippen molar-refractivity contribution in [3.63, 3.8) is 0 Å². The molecule has 90 valence electrons. The molecular weight excluding hydrogens is 228 g/mol. The second kappa shape index (κ2) is 3.74. The Morgan fingerprint density at radius 1 is 1.69 bits per heavy atom. The van der Waals surface area contributed by atoms with Crippen molar-refractivity contribution in [3.8, 4) is 0 Å². The molecule has 1 fully saturated rings. The molecule has 1 aliphatic carbocycles. The predicted octanol–water partition coefficient (Wildman–Crippen LogP) is 0.268. The van der Waals surface area contributed by atoms with Crippen LogP contribution in [0.2, 0.25) is 0 Å². The molecule has 0 saturated heterocycles. The van der Waals surface area contributed by atoms with Crippen molar-refractivity contribution >= 4 is 15.8 Å². The first-order valence-electron chi connectivity index (χ1n) is 5.18. The van der Waals surface area contributed by atoms with Gasteiger partial charge in [-0.25, -0.2) is 12.7 Å². The molecule has 1 heterocycles. The molecule has 1 aliphatic rings. The number of nitrogen functional groups attached to an aromatic ring is 1. The second-order valence-electron chi connectivity index (χ2n) is 4.41. The summed E-state index contributed by atoms with van der Waals surface area (Å²) in [6.07, 6.45) is 2.35. The van der Waals surface area contributed by atoms with Gasteiger partial charge in [0.25, 0.3) is 0 Å². The lowest BCUT2D eigenvalue weighted by molar-refractivity contribution is 0.445. The van der Waals surface area contributed by atoms with Crippen molar-refractivity contribution in [3.05, 3.63) is 6.20 Å².